The van der Waals surface area contributed by atoms with E-state index in [-0.39, 0.29) is 5.41 Å². The molecule has 22 heavy (non-hydrogen) atoms. The summed E-state index contributed by atoms with van der Waals surface area (Å²) in [6, 6.07) is 10.9. The van der Waals surface area contributed by atoms with Gasteiger partial charge in [0.1, 0.15) is 0 Å². The molecule has 2 nitrogen and oxygen atoms in total. The molecule has 1 aliphatic carbocycles. The summed E-state index contributed by atoms with van der Waals surface area (Å²) in [5.74, 6) is 1.12. The second kappa shape index (κ2) is 7.30. The number of carbonyl (C=O) groups is 1. The third kappa shape index (κ3) is 4.59. The van der Waals surface area contributed by atoms with E-state index >= 15 is 0 Å². The van der Waals surface area contributed by atoms with Gasteiger partial charge in [-0.2, -0.15) is 0 Å². The van der Waals surface area contributed by atoms with Crippen LogP contribution in [0.2, 0.25) is 0 Å². The monoisotopic (exact) mass is 301 g/mol. The molecular weight excluding hydrogens is 270 g/mol. The summed E-state index contributed by atoms with van der Waals surface area (Å²) < 4.78 is 0. The first-order valence-corrected chi connectivity index (χ1v) is 8.73. The highest BCUT2D eigenvalue weighted by atomic mass is 16.2. The quantitative estimate of drug-likeness (QED) is 0.790. The number of carbonyl (C=O) groups excluding carboxylic acids is 1. The van der Waals surface area contributed by atoms with Crippen LogP contribution in [0.5, 0.6) is 0 Å². The van der Waals surface area contributed by atoms with Crippen molar-refractivity contribution in [3.05, 3.63) is 35.9 Å². The van der Waals surface area contributed by atoms with Gasteiger partial charge in [0.2, 0.25) is 5.91 Å². The number of benzene rings is 1. The van der Waals surface area contributed by atoms with Crippen LogP contribution in [0.25, 0.3) is 0 Å². The molecular formula is C20H31NO. The molecule has 0 bridgehead atoms. The van der Waals surface area contributed by atoms with E-state index in [9.17, 15) is 4.79 Å². The summed E-state index contributed by atoms with van der Waals surface area (Å²) in [4.78, 5) is 15.1. The predicted molar refractivity (Wildman–Crippen MR) is 92.7 cm³/mol. The van der Waals surface area contributed by atoms with Crippen molar-refractivity contribution in [3.63, 3.8) is 0 Å². The van der Waals surface area contributed by atoms with E-state index in [0.29, 0.717) is 11.9 Å². The fraction of sp³-hybridized carbons (Fsp3) is 0.650. The molecule has 122 valence electrons. The molecule has 2 heteroatoms. The molecule has 0 atom stereocenters. The predicted octanol–water partition coefficient (Wildman–Crippen LogP) is 4.68. The van der Waals surface area contributed by atoms with Crippen molar-refractivity contribution in [3.8, 4) is 0 Å². The highest BCUT2D eigenvalue weighted by molar-refractivity contribution is 5.81. The van der Waals surface area contributed by atoms with E-state index in [1.807, 2.05) is 26.8 Å². The molecule has 1 amide bonds. The Balaban J connectivity index is 2.06. The lowest BCUT2D eigenvalue weighted by Crippen LogP contribution is -2.48. The molecule has 2 rings (SSSR count). The van der Waals surface area contributed by atoms with Gasteiger partial charge in [0.25, 0.3) is 0 Å². The third-order valence-electron chi connectivity index (χ3n) is 4.81. The largest absolute Gasteiger partial charge is 0.339 e. The lowest BCUT2D eigenvalue weighted by Gasteiger charge is -2.39. The fourth-order valence-electron chi connectivity index (χ4n) is 3.33. The highest BCUT2D eigenvalue weighted by Crippen LogP contribution is 2.30. The van der Waals surface area contributed by atoms with E-state index in [1.54, 1.807) is 0 Å². The van der Waals surface area contributed by atoms with E-state index in [4.69, 9.17) is 0 Å². The van der Waals surface area contributed by atoms with Crippen LogP contribution in [0.3, 0.4) is 0 Å². The summed E-state index contributed by atoms with van der Waals surface area (Å²) in [6.45, 7) is 9.29. The molecule has 0 aromatic heterocycles. The molecule has 1 aromatic rings. The Morgan fingerprint density at radius 1 is 1.09 bits per heavy atom. The van der Waals surface area contributed by atoms with Gasteiger partial charge >= 0.3 is 0 Å². The second-order valence-electron chi connectivity index (χ2n) is 7.90. The number of hydrogen-bond donors (Lipinski definition) is 0. The van der Waals surface area contributed by atoms with Crippen molar-refractivity contribution in [1.29, 1.82) is 0 Å². The average Bonchev–Trinajstić information content (AvgIpc) is 2.49. The van der Waals surface area contributed by atoms with Crippen LogP contribution in [-0.2, 0) is 11.2 Å². The van der Waals surface area contributed by atoms with Crippen molar-refractivity contribution in [2.45, 2.75) is 65.8 Å². The molecule has 0 spiro atoms. The van der Waals surface area contributed by atoms with Gasteiger partial charge in [0.15, 0.2) is 0 Å². The van der Waals surface area contributed by atoms with E-state index in [2.05, 4.69) is 36.1 Å². The third-order valence-corrected chi connectivity index (χ3v) is 4.81. The van der Waals surface area contributed by atoms with Gasteiger partial charge in [-0.1, -0.05) is 58.0 Å². The zero-order valence-electron chi connectivity index (χ0n) is 14.6. The molecule has 0 unspecified atom stereocenters. The molecule has 1 fully saturated rings. The van der Waals surface area contributed by atoms with Crippen LogP contribution in [0.15, 0.2) is 30.3 Å². The van der Waals surface area contributed by atoms with Crippen molar-refractivity contribution >= 4 is 5.91 Å². The minimum atomic E-state index is -0.292. The summed E-state index contributed by atoms with van der Waals surface area (Å²) >= 11 is 0. The standard InChI is InChI=1S/C20H31NO/c1-16-10-12-18(13-11-16)21(19(22)20(2,3)4)15-14-17-8-6-5-7-9-17/h5-9,16,18H,10-15H2,1-4H3. The van der Waals surface area contributed by atoms with Crippen molar-refractivity contribution in [2.24, 2.45) is 11.3 Å². The Kier molecular flexibility index (Phi) is 5.66. The van der Waals surface area contributed by atoms with Crippen LogP contribution < -0.4 is 0 Å². The Morgan fingerprint density at radius 2 is 1.68 bits per heavy atom. The van der Waals surface area contributed by atoms with Gasteiger partial charge < -0.3 is 4.90 Å². The van der Waals surface area contributed by atoms with Gasteiger partial charge in [-0.05, 0) is 43.6 Å². The fourth-order valence-corrected chi connectivity index (χ4v) is 3.33. The topological polar surface area (TPSA) is 20.3 Å². The van der Waals surface area contributed by atoms with Crippen LogP contribution in [0, 0.1) is 11.3 Å². The first-order valence-electron chi connectivity index (χ1n) is 8.73. The van der Waals surface area contributed by atoms with Crippen LogP contribution in [0.4, 0.5) is 0 Å². The molecule has 0 heterocycles. The van der Waals surface area contributed by atoms with Gasteiger partial charge in [0, 0.05) is 18.0 Å². The first-order chi connectivity index (χ1) is 10.4. The van der Waals surface area contributed by atoms with Crippen molar-refractivity contribution < 1.29 is 4.79 Å². The highest BCUT2D eigenvalue weighted by Gasteiger charge is 2.33. The smallest absolute Gasteiger partial charge is 0.228 e. The number of nitrogens with zero attached hydrogens (tertiary/aromatic N) is 1. The molecule has 1 aromatic carbocycles. The lowest BCUT2D eigenvalue weighted by molar-refractivity contribution is -0.142. The maximum atomic E-state index is 12.9. The van der Waals surface area contributed by atoms with E-state index in [1.165, 1.54) is 18.4 Å². The number of amides is 1. The summed E-state index contributed by atoms with van der Waals surface area (Å²) in [6.07, 6.45) is 5.79. The zero-order valence-corrected chi connectivity index (χ0v) is 14.6. The molecule has 1 saturated carbocycles. The lowest BCUT2D eigenvalue weighted by atomic mass is 9.85. The van der Waals surface area contributed by atoms with Gasteiger partial charge in [-0.3, -0.25) is 4.79 Å². The summed E-state index contributed by atoms with van der Waals surface area (Å²) in [5.41, 5.74) is 1.03. The Hall–Kier alpha value is -1.31. The maximum Gasteiger partial charge on any atom is 0.228 e. The first kappa shape index (κ1) is 17.1. The molecule has 1 aliphatic rings. The van der Waals surface area contributed by atoms with Crippen LogP contribution >= 0.6 is 0 Å². The van der Waals surface area contributed by atoms with Gasteiger partial charge in [-0.25, -0.2) is 0 Å². The molecule has 0 N–H and O–H groups in total. The SMILES string of the molecule is CC1CCC(N(CCc2ccccc2)C(=O)C(C)(C)C)CC1. The minimum absolute atomic E-state index is 0.292. The van der Waals surface area contributed by atoms with Crippen LogP contribution in [-0.4, -0.2) is 23.4 Å². The van der Waals surface area contributed by atoms with E-state index < -0.39 is 0 Å². The average molecular weight is 301 g/mol. The number of hydrogen-bond acceptors (Lipinski definition) is 1. The molecule has 0 saturated heterocycles. The van der Waals surface area contributed by atoms with Gasteiger partial charge in [0.05, 0.1) is 0 Å². The minimum Gasteiger partial charge on any atom is -0.339 e. The molecule has 0 radical (unpaired) electrons. The summed E-state index contributed by atoms with van der Waals surface area (Å²) in [7, 11) is 0. The van der Waals surface area contributed by atoms with Crippen molar-refractivity contribution in [2.75, 3.05) is 6.54 Å². The number of rotatable bonds is 4. The second-order valence-corrected chi connectivity index (χ2v) is 7.90. The normalized spacial score (nSPS) is 22.4. The zero-order chi connectivity index (χ0) is 16.2. The summed E-state index contributed by atoms with van der Waals surface area (Å²) in [5, 5.41) is 0. The van der Waals surface area contributed by atoms with Gasteiger partial charge in [-0.15, -0.1) is 0 Å². The van der Waals surface area contributed by atoms with E-state index in [0.717, 1.165) is 31.7 Å². The maximum absolute atomic E-state index is 12.9. The Labute approximate surface area is 135 Å². The van der Waals surface area contributed by atoms with Crippen LogP contribution in [0.1, 0.15) is 58.9 Å². The molecule has 0 aliphatic heterocycles. The Morgan fingerprint density at radius 3 is 2.23 bits per heavy atom. The Bertz CT molecular complexity index is 466. The van der Waals surface area contributed by atoms with Crippen molar-refractivity contribution in [1.82, 2.24) is 4.90 Å².